The number of nitro benzene ring substituents is 1. The number of phenolic OH excluding ortho intramolecular Hbond substituents is 1. The highest BCUT2D eigenvalue weighted by Crippen LogP contribution is 2.32. The van der Waals surface area contributed by atoms with Crippen LogP contribution in [0.2, 0.25) is 0 Å². The molecule has 7 nitrogen and oxygen atoms in total. The van der Waals surface area contributed by atoms with Gasteiger partial charge in [0.25, 0.3) is 11.6 Å². The first-order valence-corrected chi connectivity index (χ1v) is 9.09. The molecule has 1 aliphatic rings. The second-order valence-corrected chi connectivity index (χ2v) is 6.67. The Labute approximate surface area is 157 Å². The number of likely N-dealkylation sites (N-methyl/N-ethyl adjacent to an activating group) is 1. The third kappa shape index (κ3) is 4.25. The number of carbonyl (C=O) groups is 1. The van der Waals surface area contributed by atoms with E-state index in [-0.39, 0.29) is 22.9 Å². The normalized spacial score (nSPS) is 17.0. The lowest BCUT2D eigenvalue weighted by molar-refractivity contribution is -0.384. The second-order valence-electron chi connectivity index (χ2n) is 6.67. The SMILES string of the molecule is CCN1CCCC1CNC(=O)c1ccc(-c2cccc(O)c2)c([N+](=O)[O-])c1. The van der Waals surface area contributed by atoms with Crippen molar-refractivity contribution in [2.24, 2.45) is 0 Å². The Morgan fingerprint density at radius 1 is 1.33 bits per heavy atom. The Hall–Kier alpha value is -2.93. The summed E-state index contributed by atoms with van der Waals surface area (Å²) in [6.45, 7) is 4.63. The van der Waals surface area contributed by atoms with Gasteiger partial charge in [0.05, 0.1) is 10.5 Å². The predicted molar refractivity (Wildman–Crippen MR) is 103 cm³/mol. The van der Waals surface area contributed by atoms with Crippen LogP contribution in [0.1, 0.15) is 30.1 Å². The fourth-order valence-corrected chi connectivity index (χ4v) is 3.60. The zero-order valence-corrected chi connectivity index (χ0v) is 15.2. The molecule has 1 atom stereocenters. The Morgan fingerprint density at radius 3 is 2.85 bits per heavy atom. The molecule has 1 aliphatic heterocycles. The summed E-state index contributed by atoms with van der Waals surface area (Å²) in [5.41, 5.74) is 0.981. The van der Waals surface area contributed by atoms with Crippen LogP contribution in [0, 0.1) is 10.1 Å². The summed E-state index contributed by atoms with van der Waals surface area (Å²) >= 11 is 0. The molecule has 2 aromatic carbocycles. The number of hydrogen-bond acceptors (Lipinski definition) is 5. The second kappa shape index (κ2) is 8.18. The monoisotopic (exact) mass is 369 g/mol. The minimum atomic E-state index is -0.508. The first-order valence-electron chi connectivity index (χ1n) is 9.09. The first kappa shape index (κ1) is 18.8. The van der Waals surface area contributed by atoms with E-state index in [9.17, 15) is 20.0 Å². The summed E-state index contributed by atoms with van der Waals surface area (Å²) in [6.07, 6.45) is 2.17. The van der Waals surface area contributed by atoms with Gasteiger partial charge in [0, 0.05) is 24.2 Å². The maximum Gasteiger partial charge on any atom is 0.277 e. The van der Waals surface area contributed by atoms with Crippen molar-refractivity contribution in [3.05, 3.63) is 58.1 Å². The van der Waals surface area contributed by atoms with Crippen molar-refractivity contribution in [3.63, 3.8) is 0 Å². The molecule has 0 aromatic heterocycles. The maximum absolute atomic E-state index is 12.5. The highest BCUT2D eigenvalue weighted by atomic mass is 16.6. The van der Waals surface area contributed by atoms with E-state index in [0.29, 0.717) is 23.7 Å². The number of nitro groups is 1. The molecule has 0 bridgehead atoms. The average molecular weight is 369 g/mol. The molecule has 3 rings (SSSR count). The van der Waals surface area contributed by atoms with Gasteiger partial charge in [0.15, 0.2) is 0 Å². The Bertz CT molecular complexity index is 853. The van der Waals surface area contributed by atoms with Gasteiger partial charge in [-0.05, 0) is 55.8 Å². The van der Waals surface area contributed by atoms with Crippen molar-refractivity contribution in [2.45, 2.75) is 25.8 Å². The van der Waals surface area contributed by atoms with Crippen molar-refractivity contribution >= 4 is 11.6 Å². The van der Waals surface area contributed by atoms with Crippen molar-refractivity contribution in [1.82, 2.24) is 10.2 Å². The number of carbonyl (C=O) groups excluding carboxylic acids is 1. The third-order valence-electron chi connectivity index (χ3n) is 5.02. The number of likely N-dealkylation sites (tertiary alicyclic amines) is 1. The van der Waals surface area contributed by atoms with E-state index in [1.807, 2.05) is 0 Å². The topological polar surface area (TPSA) is 95.7 Å². The standard InChI is InChI=1S/C20H23N3O4/c1-2-22-10-4-6-16(22)13-21-20(25)15-8-9-18(19(12-15)23(26)27)14-5-3-7-17(24)11-14/h3,5,7-9,11-12,16,24H,2,4,6,10,13H2,1H3,(H,21,25). The summed E-state index contributed by atoms with van der Waals surface area (Å²) in [5.74, 6) is -0.288. The quantitative estimate of drug-likeness (QED) is 0.602. The molecule has 2 N–H and O–H groups in total. The fraction of sp³-hybridized carbons (Fsp3) is 0.350. The lowest BCUT2D eigenvalue weighted by atomic mass is 10.0. The maximum atomic E-state index is 12.5. The lowest BCUT2D eigenvalue weighted by Gasteiger charge is -2.22. The molecule has 27 heavy (non-hydrogen) atoms. The number of phenols is 1. The molecule has 0 aliphatic carbocycles. The number of rotatable bonds is 6. The molecule has 1 fully saturated rings. The highest BCUT2D eigenvalue weighted by molar-refractivity contribution is 5.96. The summed E-state index contributed by atoms with van der Waals surface area (Å²) in [6, 6.07) is 11.0. The zero-order chi connectivity index (χ0) is 19.4. The van der Waals surface area contributed by atoms with Crippen molar-refractivity contribution in [3.8, 4) is 16.9 Å². The average Bonchev–Trinajstić information content (AvgIpc) is 3.13. The van der Waals surface area contributed by atoms with Crippen molar-refractivity contribution in [1.29, 1.82) is 0 Å². The van der Waals surface area contributed by atoms with Crippen LogP contribution in [0.25, 0.3) is 11.1 Å². The van der Waals surface area contributed by atoms with Gasteiger partial charge in [0.2, 0.25) is 0 Å². The third-order valence-corrected chi connectivity index (χ3v) is 5.02. The number of nitrogens with one attached hydrogen (secondary N) is 1. The zero-order valence-electron chi connectivity index (χ0n) is 15.2. The Kier molecular flexibility index (Phi) is 5.71. The molecule has 1 saturated heterocycles. The van der Waals surface area contributed by atoms with E-state index in [2.05, 4.69) is 17.1 Å². The van der Waals surface area contributed by atoms with Gasteiger partial charge in [-0.3, -0.25) is 19.8 Å². The van der Waals surface area contributed by atoms with Crippen molar-refractivity contribution < 1.29 is 14.8 Å². The molecule has 0 radical (unpaired) electrons. The number of benzene rings is 2. The molecule has 1 heterocycles. The highest BCUT2D eigenvalue weighted by Gasteiger charge is 2.24. The van der Waals surface area contributed by atoms with E-state index in [0.717, 1.165) is 25.9 Å². The van der Waals surface area contributed by atoms with Gasteiger partial charge in [-0.2, -0.15) is 0 Å². The van der Waals surface area contributed by atoms with Gasteiger partial charge in [-0.25, -0.2) is 0 Å². The minimum Gasteiger partial charge on any atom is -0.508 e. The summed E-state index contributed by atoms with van der Waals surface area (Å²) < 4.78 is 0. The van der Waals surface area contributed by atoms with Crippen LogP contribution in [0.4, 0.5) is 5.69 Å². The lowest BCUT2D eigenvalue weighted by Crippen LogP contribution is -2.40. The molecular formula is C20H23N3O4. The molecule has 0 spiro atoms. The first-order chi connectivity index (χ1) is 13.0. The van der Waals surface area contributed by atoms with Crippen LogP contribution in [0.15, 0.2) is 42.5 Å². The molecular weight excluding hydrogens is 346 g/mol. The minimum absolute atomic E-state index is 0.0284. The van der Waals surface area contributed by atoms with E-state index in [4.69, 9.17) is 0 Å². The van der Waals surface area contributed by atoms with Crippen LogP contribution in [-0.4, -0.2) is 46.5 Å². The van der Waals surface area contributed by atoms with E-state index in [1.54, 1.807) is 24.3 Å². The largest absolute Gasteiger partial charge is 0.508 e. The van der Waals surface area contributed by atoms with Crippen LogP contribution in [0.3, 0.4) is 0 Å². The number of hydrogen-bond donors (Lipinski definition) is 2. The van der Waals surface area contributed by atoms with Crippen LogP contribution >= 0.6 is 0 Å². The van der Waals surface area contributed by atoms with Crippen molar-refractivity contribution in [2.75, 3.05) is 19.6 Å². The van der Waals surface area contributed by atoms with Crippen LogP contribution < -0.4 is 5.32 Å². The molecule has 142 valence electrons. The Morgan fingerprint density at radius 2 is 2.15 bits per heavy atom. The molecule has 7 heteroatoms. The van der Waals surface area contributed by atoms with Crippen LogP contribution in [0.5, 0.6) is 5.75 Å². The van der Waals surface area contributed by atoms with E-state index in [1.165, 1.54) is 18.2 Å². The van der Waals surface area contributed by atoms with Gasteiger partial charge >= 0.3 is 0 Å². The summed E-state index contributed by atoms with van der Waals surface area (Å²) in [7, 11) is 0. The number of nitrogens with zero attached hydrogens (tertiary/aromatic N) is 2. The fourth-order valence-electron chi connectivity index (χ4n) is 3.60. The number of aromatic hydroxyl groups is 1. The summed E-state index contributed by atoms with van der Waals surface area (Å²) in [5, 5.41) is 24.0. The molecule has 2 aromatic rings. The molecule has 0 saturated carbocycles. The molecule has 1 amide bonds. The smallest absolute Gasteiger partial charge is 0.277 e. The molecule has 1 unspecified atom stereocenters. The Balaban J connectivity index is 1.79. The summed E-state index contributed by atoms with van der Waals surface area (Å²) in [4.78, 5) is 25.8. The van der Waals surface area contributed by atoms with E-state index < -0.39 is 4.92 Å². The van der Waals surface area contributed by atoms with Crippen LogP contribution in [-0.2, 0) is 0 Å². The predicted octanol–water partition coefficient (Wildman–Crippen LogP) is 3.18. The van der Waals surface area contributed by atoms with Gasteiger partial charge in [-0.15, -0.1) is 0 Å². The number of amides is 1. The van der Waals surface area contributed by atoms with E-state index >= 15 is 0 Å². The van der Waals surface area contributed by atoms with Gasteiger partial charge < -0.3 is 10.4 Å². The van der Waals surface area contributed by atoms with Gasteiger partial charge in [0.1, 0.15) is 5.75 Å². The van der Waals surface area contributed by atoms with Gasteiger partial charge in [-0.1, -0.05) is 19.1 Å².